The molecule has 2 bridgehead atoms. The summed E-state index contributed by atoms with van der Waals surface area (Å²) in [5, 5.41) is 0. The van der Waals surface area contributed by atoms with E-state index < -0.39 is 11.9 Å². The maximum atomic E-state index is 11.1. The molecule has 3 aliphatic rings. The van der Waals surface area contributed by atoms with Gasteiger partial charge in [-0.25, -0.2) is 9.59 Å². The van der Waals surface area contributed by atoms with Crippen LogP contribution in [-0.2, 0) is 14.3 Å². The maximum Gasteiger partial charge on any atom is 0.343 e. The van der Waals surface area contributed by atoms with Gasteiger partial charge in [-0.2, -0.15) is 0 Å². The standard InChI is InChI=1S/C9H6O3/c10-8-6-4-1-2-5(3-4)7(6)9(11)12-8/h1-2,4-5H,3H2/t4-,5+. The first-order valence-electron chi connectivity index (χ1n) is 3.96. The summed E-state index contributed by atoms with van der Waals surface area (Å²) in [5.41, 5.74) is 1.24. The highest BCUT2D eigenvalue weighted by atomic mass is 16.6. The van der Waals surface area contributed by atoms with Crippen LogP contribution in [0.15, 0.2) is 23.3 Å². The fourth-order valence-electron chi connectivity index (χ4n) is 2.24. The largest absolute Gasteiger partial charge is 0.386 e. The molecule has 0 amide bonds. The second kappa shape index (κ2) is 1.68. The first-order chi connectivity index (χ1) is 5.77. The molecular weight excluding hydrogens is 156 g/mol. The van der Waals surface area contributed by atoms with Gasteiger partial charge in [-0.1, -0.05) is 12.2 Å². The summed E-state index contributed by atoms with van der Waals surface area (Å²) < 4.78 is 4.52. The summed E-state index contributed by atoms with van der Waals surface area (Å²) in [6.45, 7) is 0. The van der Waals surface area contributed by atoms with Crippen molar-refractivity contribution in [3.05, 3.63) is 23.3 Å². The Morgan fingerprint density at radius 1 is 1.08 bits per heavy atom. The Balaban J connectivity index is 2.20. The molecular formula is C9H6O3. The van der Waals surface area contributed by atoms with Gasteiger partial charge in [0.2, 0.25) is 0 Å². The smallest absolute Gasteiger partial charge is 0.343 e. The van der Waals surface area contributed by atoms with Crippen LogP contribution < -0.4 is 0 Å². The molecule has 0 fully saturated rings. The van der Waals surface area contributed by atoms with E-state index in [0.29, 0.717) is 11.1 Å². The molecule has 0 N–H and O–H groups in total. The molecule has 0 aromatic rings. The Hall–Kier alpha value is -1.38. The second-order valence-electron chi connectivity index (χ2n) is 3.34. The van der Waals surface area contributed by atoms with Crippen molar-refractivity contribution >= 4 is 11.9 Å². The number of allylic oxidation sites excluding steroid dienone is 2. The highest BCUT2D eigenvalue weighted by Crippen LogP contribution is 2.47. The Morgan fingerprint density at radius 3 is 2.08 bits per heavy atom. The van der Waals surface area contributed by atoms with E-state index in [1.807, 2.05) is 12.2 Å². The quantitative estimate of drug-likeness (QED) is 0.297. The average Bonchev–Trinajstić information content (AvgIpc) is 2.64. The Kier molecular flexibility index (Phi) is 0.865. The summed E-state index contributed by atoms with van der Waals surface area (Å²) in [5.74, 6) is -0.536. The van der Waals surface area contributed by atoms with E-state index in [4.69, 9.17) is 0 Å². The zero-order chi connectivity index (χ0) is 8.29. The van der Waals surface area contributed by atoms with Crippen molar-refractivity contribution in [2.75, 3.05) is 0 Å². The third-order valence-corrected chi connectivity index (χ3v) is 2.74. The van der Waals surface area contributed by atoms with Crippen molar-refractivity contribution in [3.8, 4) is 0 Å². The summed E-state index contributed by atoms with van der Waals surface area (Å²) in [7, 11) is 0. The molecule has 1 aliphatic heterocycles. The summed E-state index contributed by atoms with van der Waals surface area (Å²) in [4.78, 5) is 22.2. The topological polar surface area (TPSA) is 43.4 Å². The van der Waals surface area contributed by atoms with Crippen LogP contribution in [0, 0.1) is 11.8 Å². The minimum Gasteiger partial charge on any atom is -0.386 e. The minimum atomic E-state index is -0.424. The van der Waals surface area contributed by atoms with Gasteiger partial charge < -0.3 is 4.74 Å². The second-order valence-corrected chi connectivity index (χ2v) is 3.34. The minimum absolute atomic E-state index is 0.156. The maximum absolute atomic E-state index is 11.1. The van der Waals surface area contributed by atoms with Gasteiger partial charge in [-0.05, 0) is 6.42 Å². The Morgan fingerprint density at radius 2 is 1.58 bits per heavy atom. The number of hydrogen-bond donors (Lipinski definition) is 0. The lowest BCUT2D eigenvalue weighted by Crippen LogP contribution is -2.09. The number of cyclic esters (lactones) is 2. The van der Waals surface area contributed by atoms with Gasteiger partial charge in [-0.15, -0.1) is 0 Å². The van der Waals surface area contributed by atoms with Gasteiger partial charge in [-0.3, -0.25) is 0 Å². The van der Waals surface area contributed by atoms with Crippen molar-refractivity contribution in [1.82, 2.24) is 0 Å². The first kappa shape index (κ1) is 6.17. The van der Waals surface area contributed by atoms with Crippen molar-refractivity contribution in [1.29, 1.82) is 0 Å². The lowest BCUT2D eigenvalue weighted by atomic mass is 9.99. The highest BCUT2D eigenvalue weighted by molar-refractivity contribution is 6.14. The molecule has 0 aromatic carbocycles. The number of fused-ring (bicyclic) bond motifs is 4. The molecule has 0 unspecified atom stereocenters. The average molecular weight is 162 g/mol. The van der Waals surface area contributed by atoms with Crippen molar-refractivity contribution < 1.29 is 14.3 Å². The van der Waals surface area contributed by atoms with Gasteiger partial charge in [0.05, 0.1) is 11.1 Å². The fourth-order valence-corrected chi connectivity index (χ4v) is 2.24. The third kappa shape index (κ3) is 0.501. The van der Waals surface area contributed by atoms with Crippen molar-refractivity contribution in [3.63, 3.8) is 0 Å². The fraction of sp³-hybridized carbons (Fsp3) is 0.333. The van der Waals surface area contributed by atoms with Crippen LogP contribution in [-0.4, -0.2) is 11.9 Å². The molecule has 0 saturated heterocycles. The van der Waals surface area contributed by atoms with Gasteiger partial charge in [0.1, 0.15) is 0 Å². The van der Waals surface area contributed by atoms with Crippen LogP contribution in [0.25, 0.3) is 0 Å². The summed E-state index contributed by atoms with van der Waals surface area (Å²) in [6, 6.07) is 0. The molecule has 0 radical (unpaired) electrons. The van der Waals surface area contributed by atoms with Crippen LogP contribution >= 0.6 is 0 Å². The lowest BCUT2D eigenvalue weighted by molar-refractivity contribution is -0.151. The summed E-state index contributed by atoms with van der Waals surface area (Å²) in [6.07, 6.45) is 4.87. The highest BCUT2D eigenvalue weighted by Gasteiger charge is 2.47. The molecule has 3 rings (SSSR count). The number of esters is 2. The normalized spacial score (nSPS) is 36.3. The zero-order valence-corrected chi connectivity index (χ0v) is 6.24. The molecule has 60 valence electrons. The predicted octanol–water partition coefficient (Wildman–Crippen LogP) is 0.572. The molecule has 0 spiro atoms. The molecule has 2 atom stereocenters. The zero-order valence-electron chi connectivity index (χ0n) is 6.24. The molecule has 3 nitrogen and oxygen atoms in total. The van der Waals surface area contributed by atoms with Gasteiger partial charge in [0, 0.05) is 11.8 Å². The van der Waals surface area contributed by atoms with Crippen LogP contribution in [0.4, 0.5) is 0 Å². The van der Waals surface area contributed by atoms with E-state index in [9.17, 15) is 9.59 Å². The number of carbonyl (C=O) groups is 2. The predicted molar refractivity (Wildman–Crippen MR) is 38.9 cm³/mol. The van der Waals surface area contributed by atoms with E-state index >= 15 is 0 Å². The van der Waals surface area contributed by atoms with E-state index in [1.54, 1.807) is 0 Å². The van der Waals surface area contributed by atoms with Crippen LogP contribution in [0.2, 0.25) is 0 Å². The first-order valence-corrected chi connectivity index (χ1v) is 3.96. The van der Waals surface area contributed by atoms with Gasteiger partial charge in [0.15, 0.2) is 0 Å². The number of rotatable bonds is 0. The van der Waals surface area contributed by atoms with Crippen molar-refractivity contribution in [2.24, 2.45) is 11.8 Å². The molecule has 0 aromatic heterocycles. The van der Waals surface area contributed by atoms with Crippen LogP contribution in [0.3, 0.4) is 0 Å². The molecule has 3 heteroatoms. The SMILES string of the molecule is O=C1OC(=O)C2=C1[C@@H]1C=C[C@H]2C1. The number of hydrogen-bond acceptors (Lipinski definition) is 3. The Labute approximate surface area is 68.7 Å². The molecule has 0 saturated carbocycles. The molecule has 1 heterocycles. The van der Waals surface area contributed by atoms with Gasteiger partial charge in [0.25, 0.3) is 0 Å². The van der Waals surface area contributed by atoms with E-state index in [0.717, 1.165) is 6.42 Å². The molecule has 12 heavy (non-hydrogen) atoms. The summed E-state index contributed by atoms with van der Waals surface area (Å²) >= 11 is 0. The Bertz CT molecular complexity index is 330. The van der Waals surface area contributed by atoms with E-state index in [1.165, 1.54) is 0 Å². The van der Waals surface area contributed by atoms with Crippen molar-refractivity contribution in [2.45, 2.75) is 6.42 Å². The monoisotopic (exact) mass is 162 g/mol. The number of carbonyl (C=O) groups excluding carboxylic acids is 2. The molecule has 2 aliphatic carbocycles. The lowest BCUT2D eigenvalue weighted by Gasteiger charge is -2.01. The van der Waals surface area contributed by atoms with Gasteiger partial charge >= 0.3 is 11.9 Å². The van der Waals surface area contributed by atoms with E-state index in [-0.39, 0.29) is 11.8 Å². The van der Waals surface area contributed by atoms with Crippen LogP contribution in [0.5, 0.6) is 0 Å². The third-order valence-electron chi connectivity index (χ3n) is 2.74. The van der Waals surface area contributed by atoms with Crippen LogP contribution in [0.1, 0.15) is 6.42 Å². The number of ether oxygens (including phenoxy) is 1. The van der Waals surface area contributed by atoms with E-state index in [2.05, 4.69) is 4.74 Å².